The fraction of sp³-hybridized carbons (Fsp3) is 0.714. The summed E-state index contributed by atoms with van der Waals surface area (Å²) >= 11 is 1.64. The predicted octanol–water partition coefficient (Wildman–Crippen LogP) is 3.02. The van der Waals surface area contributed by atoms with Gasteiger partial charge in [0.15, 0.2) is 5.13 Å². The number of carbonyl (C=O) groups is 1. The van der Waals surface area contributed by atoms with Gasteiger partial charge in [-0.05, 0) is 33.1 Å². The number of esters is 1. The number of carbonyl (C=O) groups excluding carboxylic acids is 1. The molecule has 1 atom stereocenters. The molecule has 2 rings (SSSR count). The van der Waals surface area contributed by atoms with E-state index in [1.54, 1.807) is 11.3 Å². The molecule has 21 heavy (non-hydrogen) atoms. The van der Waals surface area contributed by atoms with Crippen LogP contribution < -0.4 is 4.90 Å². The van der Waals surface area contributed by atoms with Crippen molar-refractivity contribution in [2.45, 2.75) is 51.9 Å². The molecule has 1 aliphatic rings. The van der Waals surface area contributed by atoms with E-state index in [9.17, 15) is 4.79 Å². The third-order valence-electron chi connectivity index (χ3n) is 3.22. The summed E-state index contributed by atoms with van der Waals surface area (Å²) < 4.78 is 10.6. The number of thiazole rings is 1. The maximum atomic E-state index is 11.2. The topological polar surface area (TPSA) is 51.7 Å². The molecule has 1 aromatic rings. The van der Waals surface area contributed by atoms with E-state index in [2.05, 4.69) is 28.5 Å². The molecule has 0 bridgehead atoms. The van der Waals surface area contributed by atoms with Crippen LogP contribution >= 0.6 is 23.7 Å². The summed E-state index contributed by atoms with van der Waals surface area (Å²) in [4.78, 5) is 19.0. The van der Waals surface area contributed by atoms with Crippen molar-refractivity contribution >= 4 is 34.8 Å². The average molecular weight is 335 g/mol. The van der Waals surface area contributed by atoms with Crippen LogP contribution in [-0.4, -0.2) is 36.9 Å². The van der Waals surface area contributed by atoms with Crippen molar-refractivity contribution in [3.8, 4) is 0 Å². The van der Waals surface area contributed by atoms with Gasteiger partial charge in [0.1, 0.15) is 6.23 Å². The van der Waals surface area contributed by atoms with Gasteiger partial charge in [0.05, 0.1) is 19.6 Å². The minimum atomic E-state index is -0.179. The van der Waals surface area contributed by atoms with Gasteiger partial charge in [-0.3, -0.25) is 4.79 Å². The van der Waals surface area contributed by atoms with Gasteiger partial charge >= 0.3 is 5.97 Å². The summed E-state index contributed by atoms with van der Waals surface area (Å²) in [5.41, 5.74) is 0. The van der Waals surface area contributed by atoms with Crippen molar-refractivity contribution in [3.63, 3.8) is 0 Å². The van der Waals surface area contributed by atoms with Crippen LogP contribution in [0.5, 0.6) is 0 Å². The van der Waals surface area contributed by atoms with Crippen LogP contribution in [0.4, 0.5) is 5.13 Å². The first kappa shape index (κ1) is 18.2. The van der Waals surface area contributed by atoms with Crippen LogP contribution in [-0.2, 0) is 20.7 Å². The summed E-state index contributed by atoms with van der Waals surface area (Å²) in [7, 11) is 1.42. The second kappa shape index (κ2) is 8.56. The molecule has 1 aliphatic heterocycles. The molecule has 0 aromatic carbocycles. The summed E-state index contributed by atoms with van der Waals surface area (Å²) in [6.07, 6.45) is 5.49. The van der Waals surface area contributed by atoms with E-state index in [0.29, 0.717) is 12.8 Å². The quantitative estimate of drug-likeness (QED) is 0.748. The smallest absolute Gasteiger partial charge is 0.305 e. The Kier molecular flexibility index (Phi) is 7.42. The first-order valence-corrected chi connectivity index (χ1v) is 7.85. The van der Waals surface area contributed by atoms with Crippen molar-refractivity contribution in [1.82, 2.24) is 4.98 Å². The lowest BCUT2D eigenvalue weighted by Crippen LogP contribution is -2.33. The largest absolute Gasteiger partial charge is 0.469 e. The van der Waals surface area contributed by atoms with Crippen molar-refractivity contribution < 1.29 is 14.3 Å². The second-order valence-corrected chi connectivity index (χ2v) is 6.25. The molecule has 5 nitrogen and oxygen atoms in total. The Labute approximate surface area is 136 Å². The van der Waals surface area contributed by atoms with Crippen molar-refractivity contribution in [1.29, 1.82) is 0 Å². The fourth-order valence-electron chi connectivity index (χ4n) is 2.28. The zero-order chi connectivity index (χ0) is 14.5. The Balaban J connectivity index is 0.00000220. The zero-order valence-electron chi connectivity index (χ0n) is 12.7. The number of rotatable bonds is 6. The number of ether oxygens (including phenoxy) is 2. The highest BCUT2D eigenvalue weighted by Gasteiger charge is 2.28. The molecule has 120 valence electrons. The summed E-state index contributed by atoms with van der Waals surface area (Å²) in [5.74, 6) is -0.179. The van der Waals surface area contributed by atoms with E-state index < -0.39 is 0 Å². The number of halogens is 1. The van der Waals surface area contributed by atoms with Gasteiger partial charge in [0.25, 0.3) is 0 Å². The molecule has 1 fully saturated rings. The number of hydrogen-bond acceptors (Lipinski definition) is 6. The Hall–Kier alpha value is -0.850. The summed E-state index contributed by atoms with van der Waals surface area (Å²) in [6.45, 7) is 5.10. The first-order chi connectivity index (χ1) is 9.60. The number of nitrogens with zero attached hydrogens (tertiary/aromatic N) is 2. The molecular formula is C14H23ClN2O3S. The molecular weight excluding hydrogens is 312 g/mol. The number of aromatic nitrogens is 1. The molecule has 0 amide bonds. The molecule has 7 heteroatoms. The average Bonchev–Trinajstić information content (AvgIpc) is 3.03. The Morgan fingerprint density at radius 1 is 1.57 bits per heavy atom. The fourth-order valence-corrected chi connectivity index (χ4v) is 3.26. The molecule has 0 unspecified atom stereocenters. The highest BCUT2D eigenvalue weighted by Crippen LogP contribution is 2.31. The van der Waals surface area contributed by atoms with Gasteiger partial charge in [-0.15, -0.1) is 23.7 Å². The Morgan fingerprint density at radius 3 is 3.00 bits per heavy atom. The predicted molar refractivity (Wildman–Crippen MR) is 86.3 cm³/mol. The molecule has 1 saturated heterocycles. The lowest BCUT2D eigenvalue weighted by Gasteiger charge is -2.25. The molecule has 0 saturated carbocycles. The van der Waals surface area contributed by atoms with E-state index in [1.807, 2.05) is 6.20 Å². The molecule has 0 aliphatic carbocycles. The highest BCUT2D eigenvalue weighted by molar-refractivity contribution is 7.15. The third kappa shape index (κ3) is 5.13. The Bertz CT molecular complexity index is 453. The second-order valence-electron chi connectivity index (χ2n) is 5.16. The van der Waals surface area contributed by atoms with Gasteiger partial charge < -0.3 is 14.4 Å². The minimum Gasteiger partial charge on any atom is -0.469 e. The van der Waals surface area contributed by atoms with Gasteiger partial charge in [-0.2, -0.15) is 0 Å². The molecule has 0 N–H and O–H groups in total. The van der Waals surface area contributed by atoms with Gasteiger partial charge in [0, 0.05) is 17.6 Å². The normalized spacial score (nSPS) is 17.9. The molecule has 2 heterocycles. The van der Waals surface area contributed by atoms with Gasteiger partial charge in [-0.25, -0.2) is 4.98 Å². The van der Waals surface area contributed by atoms with Crippen molar-refractivity contribution in [2.75, 3.05) is 18.6 Å². The zero-order valence-corrected chi connectivity index (χ0v) is 14.3. The van der Waals surface area contributed by atoms with Crippen LogP contribution in [0.25, 0.3) is 0 Å². The minimum absolute atomic E-state index is 0. The van der Waals surface area contributed by atoms with E-state index >= 15 is 0 Å². The van der Waals surface area contributed by atoms with Crippen LogP contribution in [0.2, 0.25) is 0 Å². The number of hydrogen-bond donors (Lipinski definition) is 0. The van der Waals surface area contributed by atoms with Crippen molar-refractivity contribution in [2.24, 2.45) is 0 Å². The number of aryl methyl sites for hydroxylation is 1. The SMILES string of the molecule is COC(=O)CCc1cnc(N2CCC[C@@H]2OC(C)C)s1.Cl. The monoisotopic (exact) mass is 334 g/mol. The standard InChI is InChI=1S/C14H22N2O3S.ClH/c1-10(2)19-12-5-4-8-16(12)14-15-9-11(20-14)6-7-13(17)18-3;/h9-10,12H,4-8H2,1-3H3;1H/t12-;/m0./s1. The van der Waals surface area contributed by atoms with Crippen LogP contribution in [0, 0.1) is 0 Å². The van der Waals surface area contributed by atoms with E-state index in [-0.39, 0.29) is 30.7 Å². The van der Waals surface area contributed by atoms with E-state index in [1.165, 1.54) is 7.11 Å². The summed E-state index contributed by atoms with van der Waals surface area (Å²) in [6, 6.07) is 0. The number of anilines is 1. The van der Waals surface area contributed by atoms with Crippen LogP contribution in [0.15, 0.2) is 6.20 Å². The van der Waals surface area contributed by atoms with Crippen molar-refractivity contribution in [3.05, 3.63) is 11.1 Å². The van der Waals surface area contributed by atoms with Crippen LogP contribution in [0.3, 0.4) is 0 Å². The molecule has 0 spiro atoms. The van der Waals surface area contributed by atoms with E-state index in [0.717, 1.165) is 29.4 Å². The first-order valence-electron chi connectivity index (χ1n) is 7.03. The molecule has 0 radical (unpaired) electrons. The third-order valence-corrected chi connectivity index (χ3v) is 4.31. The lowest BCUT2D eigenvalue weighted by molar-refractivity contribution is -0.140. The summed E-state index contributed by atoms with van der Waals surface area (Å²) in [5, 5.41) is 0.994. The van der Waals surface area contributed by atoms with Gasteiger partial charge in [-0.1, -0.05) is 0 Å². The van der Waals surface area contributed by atoms with E-state index in [4.69, 9.17) is 4.74 Å². The highest BCUT2D eigenvalue weighted by atomic mass is 35.5. The molecule has 1 aromatic heterocycles. The van der Waals surface area contributed by atoms with Gasteiger partial charge in [0.2, 0.25) is 0 Å². The maximum Gasteiger partial charge on any atom is 0.305 e. The number of methoxy groups -OCH3 is 1. The lowest BCUT2D eigenvalue weighted by atomic mass is 10.3. The van der Waals surface area contributed by atoms with Crippen LogP contribution in [0.1, 0.15) is 38.0 Å². The maximum absolute atomic E-state index is 11.2. The Morgan fingerprint density at radius 2 is 2.33 bits per heavy atom.